The summed E-state index contributed by atoms with van der Waals surface area (Å²) in [6.07, 6.45) is 3.44. The van der Waals surface area contributed by atoms with Gasteiger partial charge in [-0.2, -0.15) is 0 Å². The molecule has 7 nitrogen and oxygen atoms in total. The van der Waals surface area contributed by atoms with Gasteiger partial charge >= 0.3 is 0 Å². The van der Waals surface area contributed by atoms with Gasteiger partial charge in [0.1, 0.15) is 0 Å². The zero-order valence-electron chi connectivity index (χ0n) is 11.5. The van der Waals surface area contributed by atoms with Crippen LogP contribution in [-0.4, -0.2) is 33.5 Å². The molecule has 0 radical (unpaired) electrons. The largest absolute Gasteiger partial charge is 0.493 e. The predicted molar refractivity (Wildman–Crippen MR) is 77.3 cm³/mol. The minimum atomic E-state index is 0.365. The van der Waals surface area contributed by atoms with Gasteiger partial charge in [-0.15, -0.1) is 0 Å². The van der Waals surface area contributed by atoms with E-state index in [0.29, 0.717) is 28.9 Å². The zero-order valence-corrected chi connectivity index (χ0v) is 11.5. The van der Waals surface area contributed by atoms with Crippen molar-refractivity contribution in [2.75, 3.05) is 21.3 Å². The first kappa shape index (κ1) is 13.9. The van der Waals surface area contributed by atoms with E-state index in [0.717, 1.165) is 5.56 Å². The van der Waals surface area contributed by atoms with Crippen molar-refractivity contribution in [1.29, 1.82) is 0 Å². The Morgan fingerprint density at radius 2 is 1.75 bits per heavy atom. The Bertz CT molecular complexity index is 568. The first-order valence-corrected chi connectivity index (χ1v) is 5.83. The molecule has 1 aliphatic rings. The second kappa shape index (κ2) is 6.07. The zero-order chi connectivity index (χ0) is 14.5. The molecule has 0 amide bonds. The summed E-state index contributed by atoms with van der Waals surface area (Å²) >= 11 is 0. The molecule has 0 saturated carbocycles. The molecular formula is C13H16N4O3. The number of hydrogen-bond donors (Lipinski definition) is 2. The van der Waals surface area contributed by atoms with Crippen molar-refractivity contribution >= 4 is 18.3 Å². The molecule has 0 bridgehead atoms. The summed E-state index contributed by atoms with van der Waals surface area (Å²) < 4.78 is 15.8. The number of allylic oxidation sites excluding steroid dienone is 1. The third kappa shape index (κ3) is 2.72. The van der Waals surface area contributed by atoms with Crippen LogP contribution in [0.15, 0.2) is 27.8 Å². The number of hydrogen-bond acceptors (Lipinski definition) is 7. The lowest BCUT2D eigenvalue weighted by Gasteiger charge is -2.12. The summed E-state index contributed by atoms with van der Waals surface area (Å²) in [5.74, 6) is 7.31. The molecule has 0 fully saturated rings. The Morgan fingerprint density at radius 3 is 2.20 bits per heavy atom. The molecule has 1 aromatic rings. The Balaban J connectivity index is 2.41. The van der Waals surface area contributed by atoms with Crippen molar-refractivity contribution in [1.82, 2.24) is 5.43 Å². The molecule has 2 rings (SSSR count). The van der Waals surface area contributed by atoms with Gasteiger partial charge in [0.2, 0.25) is 11.7 Å². The number of nitrogens with one attached hydrogen (secondary N) is 1. The van der Waals surface area contributed by atoms with Crippen LogP contribution in [0.25, 0.3) is 6.08 Å². The molecule has 3 N–H and O–H groups in total. The van der Waals surface area contributed by atoms with Crippen LogP contribution < -0.4 is 25.5 Å². The summed E-state index contributed by atoms with van der Waals surface area (Å²) in [7, 11) is 4.70. The van der Waals surface area contributed by atoms with Crippen molar-refractivity contribution in [3.05, 3.63) is 23.4 Å². The molecule has 0 atom stereocenters. The van der Waals surface area contributed by atoms with E-state index in [-0.39, 0.29) is 0 Å². The molecule has 1 aromatic carbocycles. The van der Waals surface area contributed by atoms with Crippen molar-refractivity contribution in [2.45, 2.75) is 0 Å². The summed E-state index contributed by atoms with van der Waals surface area (Å²) in [4.78, 5) is 8.15. The topological polar surface area (TPSA) is 90.5 Å². The van der Waals surface area contributed by atoms with Gasteiger partial charge in [-0.05, 0) is 23.8 Å². The van der Waals surface area contributed by atoms with Crippen molar-refractivity contribution in [3.8, 4) is 17.2 Å². The highest BCUT2D eigenvalue weighted by Crippen LogP contribution is 2.38. The fourth-order valence-electron chi connectivity index (χ4n) is 1.80. The maximum Gasteiger partial charge on any atom is 0.237 e. The molecule has 106 valence electrons. The molecule has 20 heavy (non-hydrogen) atoms. The van der Waals surface area contributed by atoms with Crippen molar-refractivity contribution in [3.63, 3.8) is 0 Å². The fraction of sp³-hybridized carbons (Fsp3) is 0.231. The minimum absolute atomic E-state index is 0.365. The summed E-state index contributed by atoms with van der Waals surface area (Å²) in [6, 6.07) is 3.65. The molecule has 0 aromatic heterocycles. The van der Waals surface area contributed by atoms with Gasteiger partial charge < -0.3 is 14.2 Å². The number of nitrogens with zero attached hydrogens (tertiary/aromatic N) is 2. The second-order valence-corrected chi connectivity index (χ2v) is 3.87. The number of nitrogens with two attached hydrogens (primary N) is 1. The Morgan fingerprint density at radius 1 is 1.10 bits per heavy atom. The van der Waals surface area contributed by atoms with Gasteiger partial charge in [-0.3, -0.25) is 5.43 Å². The van der Waals surface area contributed by atoms with Crippen LogP contribution in [0, 0.1) is 0 Å². The van der Waals surface area contributed by atoms with Crippen LogP contribution in [0.5, 0.6) is 17.2 Å². The minimum Gasteiger partial charge on any atom is -0.493 e. The second-order valence-electron chi connectivity index (χ2n) is 3.87. The van der Waals surface area contributed by atoms with Gasteiger partial charge in [0.25, 0.3) is 0 Å². The number of rotatable bonds is 4. The van der Waals surface area contributed by atoms with Gasteiger partial charge in [0.05, 0.1) is 33.2 Å². The Labute approximate surface area is 116 Å². The normalized spacial score (nSPS) is 15.2. The first-order valence-electron chi connectivity index (χ1n) is 5.83. The fourth-order valence-corrected chi connectivity index (χ4v) is 1.80. The highest BCUT2D eigenvalue weighted by molar-refractivity contribution is 6.02. The van der Waals surface area contributed by atoms with Crippen LogP contribution in [0.4, 0.5) is 0 Å². The van der Waals surface area contributed by atoms with E-state index in [1.54, 1.807) is 27.5 Å². The first-order chi connectivity index (χ1) is 9.71. The van der Waals surface area contributed by atoms with E-state index in [9.17, 15) is 0 Å². The molecule has 0 saturated heterocycles. The van der Waals surface area contributed by atoms with Crippen molar-refractivity contribution < 1.29 is 14.2 Å². The summed E-state index contributed by atoms with van der Waals surface area (Å²) in [6.45, 7) is 0. The lowest BCUT2D eigenvalue weighted by molar-refractivity contribution is 0.324. The molecular weight excluding hydrogens is 260 g/mol. The van der Waals surface area contributed by atoms with Gasteiger partial charge in [0.15, 0.2) is 11.5 Å². The van der Waals surface area contributed by atoms with E-state index in [2.05, 4.69) is 15.4 Å². The van der Waals surface area contributed by atoms with Crippen LogP contribution in [0.1, 0.15) is 5.56 Å². The van der Waals surface area contributed by atoms with Gasteiger partial charge in [0, 0.05) is 0 Å². The number of ether oxygens (including phenoxy) is 3. The van der Waals surface area contributed by atoms with Crippen LogP contribution in [0.2, 0.25) is 0 Å². The maximum absolute atomic E-state index is 5.29. The third-order valence-electron chi connectivity index (χ3n) is 2.68. The van der Waals surface area contributed by atoms with E-state index in [1.807, 2.05) is 18.2 Å². The number of hydrazine groups is 1. The maximum atomic E-state index is 5.29. The average Bonchev–Trinajstić information content (AvgIpc) is 2.93. The molecule has 1 heterocycles. The highest BCUT2D eigenvalue weighted by atomic mass is 16.5. The lowest BCUT2D eigenvalue weighted by atomic mass is 10.1. The quantitative estimate of drug-likeness (QED) is 0.631. The average molecular weight is 276 g/mol. The summed E-state index contributed by atoms with van der Waals surface area (Å²) in [5.41, 5.74) is 3.91. The van der Waals surface area contributed by atoms with Gasteiger partial charge in [-0.1, -0.05) is 0 Å². The smallest absolute Gasteiger partial charge is 0.237 e. The van der Waals surface area contributed by atoms with Crippen LogP contribution in [-0.2, 0) is 0 Å². The number of guanidine groups is 1. The number of benzene rings is 1. The lowest BCUT2D eigenvalue weighted by Crippen LogP contribution is -2.27. The van der Waals surface area contributed by atoms with E-state index in [1.165, 1.54) is 0 Å². The van der Waals surface area contributed by atoms with E-state index in [4.69, 9.17) is 20.1 Å². The van der Waals surface area contributed by atoms with Crippen molar-refractivity contribution in [2.24, 2.45) is 15.8 Å². The SMILES string of the molecule is COc1cc(C=C2C=NC(NN)=N2)cc(OC)c1OC. The van der Waals surface area contributed by atoms with Crippen LogP contribution >= 0.6 is 0 Å². The number of aliphatic imine (C=N–C) groups is 2. The molecule has 1 aliphatic heterocycles. The molecule has 7 heteroatoms. The Kier molecular flexibility index (Phi) is 4.21. The third-order valence-corrected chi connectivity index (χ3v) is 2.68. The molecule has 0 aliphatic carbocycles. The molecule has 0 unspecified atom stereocenters. The van der Waals surface area contributed by atoms with E-state index < -0.39 is 0 Å². The standard InChI is InChI=1S/C13H16N4O3/c1-18-10-5-8(6-11(19-2)12(10)20-3)4-9-7-15-13(16-9)17-14/h4-7H,14H2,1-3H3,(H,16,17). The van der Waals surface area contributed by atoms with Crippen LogP contribution in [0.3, 0.4) is 0 Å². The van der Waals surface area contributed by atoms with Gasteiger partial charge in [-0.25, -0.2) is 15.8 Å². The monoisotopic (exact) mass is 276 g/mol. The highest BCUT2D eigenvalue weighted by Gasteiger charge is 2.13. The summed E-state index contributed by atoms with van der Waals surface area (Å²) in [5, 5.41) is 0. The number of methoxy groups -OCH3 is 3. The molecule has 0 spiro atoms. The Hall–Kier alpha value is -2.54. The predicted octanol–water partition coefficient (Wildman–Crippen LogP) is 0.957. The van der Waals surface area contributed by atoms with E-state index >= 15 is 0 Å².